The van der Waals surface area contributed by atoms with Gasteiger partial charge in [-0.2, -0.15) is 0 Å². The highest BCUT2D eigenvalue weighted by Crippen LogP contribution is 2.23. The Morgan fingerprint density at radius 1 is 1.26 bits per heavy atom. The van der Waals surface area contributed by atoms with Crippen molar-refractivity contribution in [1.29, 1.82) is 0 Å². The highest BCUT2D eigenvalue weighted by Gasteiger charge is 2.15. The van der Waals surface area contributed by atoms with E-state index in [0.29, 0.717) is 6.54 Å². The molecule has 0 aromatic heterocycles. The molecule has 0 saturated carbocycles. The van der Waals surface area contributed by atoms with Gasteiger partial charge in [0.1, 0.15) is 0 Å². The molecule has 0 heterocycles. The minimum atomic E-state index is -0.724. The lowest BCUT2D eigenvalue weighted by molar-refractivity contribution is -0.142. The lowest BCUT2D eigenvalue weighted by atomic mass is 10.0. The molecule has 0 aliphatic rings. The number of rotatable bonds is 5. The van der Waals surface area contributed by atoms with Gasteiger partial charge in [0.2, 0.25) is 0 Å². The summed E-state index contributed by atoms with van der Waals surface area (Å²) in [5.41, 5.74) is 4.71. The molecule has 4 heteroatoms. The number of ether oxygens (including phenoxy) is 1. The summed E-state index contributed by atoms with van der Waals surface area (Å²) in [6.07, 6.45) is -0.705. The first-order chi connectivity index (χ1) is 8.85. The van der Waals surface area contributed by atoms with Crippen LogP contribution in [0.5, 0.6) is 0 Å². The number of aliphatic hydroxyl groups is 1. The molecule has 1 N–H and O–H groups in total. The predicted octanol–water partition coefficient (Wildman–Crippen LogP) is 1.97. The fourth-order valence-electron chi connectivity index (χ4n) is 2.11. The average molecular weight is 265 g/mol. The third-order valence-corrected chi connectivity index (χ3v) is 3.34. The van der Waals surface area contributed by atoms with E-state index in [1.807, 2.05) is 18.9 Å². The molecule has 0 radical (unpaired) electrons. The van der Waals surface area contributed by atoms with Crippen molar-refractivity contribution in [3.8, 4) is 0 Å². The first kappa shape index (κ1) is 15.5. The summed E-state index contributed by atoms with van der Waals surface area (Å²) < 4.78 is 4.55. The highest BCUT2D eigenvalue weighted by molar-refractivity contribution is 5.69. The number of hydrogen-bond acceptors (Lipinski definition) is 4. The fourth-order valence-corrected chi connectivity index (χ4v) is 2.11. The lowest BCUT2D eigenvalue weighted by Crippen LogP contribution is -2.31. The Hall–Kier alpha value is -1.55. The second kappa shape index (κ2) is 6.57. The number of nitrogens with zero attached hydrogens (tertiary/aromatic N) is 1. The van der Waals surface area contributed by atoms with Gasteiger partial charge >= 0.3 is 5.97 Å². The zero-order valence-electron chi connectivity index (χ0n) is 12.4. The zero-order valence-corrected chi connectivity index (χ0v) is 12.4. The van der Waals surface area contributed by atoms with Crippen molar-refractivity contribution in [2.75, 3.05) is 25.6 Å². The third kappa shape index (κ3) is 4.24. The predicted molar refractivity (Wildman–Crippen MR) is 76.6 cm³/mol. The van der Waals surface area contributed by atoms with Gasteiger partial charge < -0.3 is 14.7 Å². The van der Waals surface area contributed by atoms with E-state index in [1.54, 1.807) is 0 Å². The van der Waals surface area contributed by atoms with Crippen molar-refractivity contribution < 1.29 is 14.6 Å². The van der Waals surface area contributed by atoms with Crippen LogP contribution in [0.4, 0.5) is 5.69 Å². The van der Waals surface area contributed by atoms with Gasteiger partial charge in [0.25, 0.3) is 0 Å². The van der Waals surface area contributed by atoms with Crippen LogP contribution in [0.25, 0.3) is 0 Å². The Balaban J connectivity index is 2.75. The molecule has 19 heavy (non-hydrogen) atoms. The molecule has 1 unspecified atom stereocenters. The molecule has 0 spiro atoms. The molecular formula is C15H23NO3. The van der Waals surface area contributed by atoms with Crippen LogP contribution in [0, 0.1) is 20.8 Å². The molecule has 106 valence electrons. The van der Waals surface area contributed by atoms with Crippen molar-refractivity contribution in [3.05, 3.63) is 28.8 Å². The molecule has 0 aliphatic heterocycles. The molecule has 0 saturated heterocycles. The second-order valence-electron chi connectivity index (χ2n) is 5.04. The lowest BCUT2D eigenvalue weighted by Gasteiger charge is -2.25. The van der Waals surface area contributed by atoms with Crippen LogP contribution in [-0.4, -0.2) is 37.9 Å². The summed E-state index contributed by atoms with van der Waals surface area (Å²) in [5, 5.41) is 9.85. The molecule has 4 nitrogen and oxygen atoms in total. The number of methoxy groups -OCH3 is 1. The van der Waals surface area contributed by atoms with Crippen LogP contribution in [0.3, 0.4) is 0 Å². The Labute approximate surface area is 115 Å². The van der Waals surface area contributed by atoms with Crippen molar-refractivity contribution in [3.63, 3.8) is 0 Å². The molecule has 0 aliphatic carbocycles. The van der Waals surface area contributed by atoms with Gasteiger partial charge in [0.05, 0.1) is 19.6 Å². The van der Waals surface area contributed by atoms with E-state index < -0.39 is 12.1 Å². The molecule has 1 aromatic rings. The van der Waals surface area contributed by atoms with Crippen molar-refractivity contribution >= 4 is 11.7 Å². The normalized spacial score (nSPS) is 12.1. The van der Waals surface area contributed by atoms with E-state index >= 15 is 0 Å². The van der Waals surface area contributed by atoms with E-state index in [-0.39, 0.29) is 6.42 Å². The number of hydrogen-bond donors (Lipinski definition) is 1. The maximum absolute atomic E-state index is 11.1. The Kier molecular flexibility index (Phi) is 5.36. The second-order valence-corrected chi connectivity index (χ2v) is 5.04. The summed E-state index contributed by atoms with van der Waals surface area (Å²) >= 11 is 0. The van der Waals surface area contributed by atoms with Gasteiger partial charge in [-0.15, -0.1) is 0 Å². The first-order valence-corrected chi connectivity index (χ1v) is 6.39. The Bertz CT molecular complexity index is 457. The number of benzene rings is 1. The topological polar surface area (TPSA) is 49.8 Å². The molecule has 0 fully saturated rings. The smallest absolute Gasteiger partial charge is 0.308 e. The number of carbonyl (C=O) groups is 1. The van der Waals surface area contributed by atoms with Crippen molar-refractivity contribution in [1.82, 2.24) is 0 Å². The largest absolute Gasteiger partial charge is 0.469 e. The maximum Gasteiger partial charge on any atom is 0.308 e. The van der Waals surface area contributed by atoms with Crippen LogP contribution in [0.2, 0.25) is 0 Å². The Morgan fingerprint density at radius 2 is 1.84 bits per heavy atom. The van der Waals surface area contributed by atoms with Crippen molar-refractivity contribution in [2.45, 2.75) is 33.3 Å². The van der Waals surface area contributed by atoms with E-state index in [0.717, 1.165) is 11.3 Å². The van der Waals surface area contributed by atoms with E-state index in [9.17, 15) is 9.90 Å². The number of likely N-dealkylation sites (N-methyl/N-ethyl adjacent to an activating group) is 1. The minimum Gasteiger partial charge on any atom is -0.469 e. The van der Waals surface area contributed by atoms with Gasteiger partial charge in [-0.05, 0) is 43.5 Å². The molecule has 1 aromatic carbocycles. The number of aryl methyl sites for hydroxylation is 3. The maximum atomic E-state index is 11.1. The SMILES string of the molecule is COC(=O)CC(O)CN(C)c1cc(C)c(C)cc1C. The summed E-state index contributed by atoms with van der Waals surface area (Å²) in [4.78, 5) is 13.1. The molecule has 1 rings (SSSR count). The summed E-state index contributed by atoms with van der Waals surface area (Å²) in [5.74, 6) is -0.391. The Morgan fingerprint density at radius 3 is 2.42 bits per heavy atom. The number of esters is 1. The van der Waals surface area contributed by atoms with Crippen LogP contribution in [0.1, 0.15) is 23.1 Å². The third-order valence-electron chi connectivity index (χ3n) is 3.34. The minimum absolute atomic E-state index is 0.0186. The van der Waals surface area contributed by atoms with Gasteiger partial charge in [0.15, 0.2) is 0 Å². The van der Waals surface area contributed by atoms with E-state index in [1.165, 1.54) is 18.2 Å². The molecule has 0 amide bonds. The fraction of sp³-hybridized carbons (Fsp3) is 0.533. The molecule has 1 atom stereocenters. The number of carbonyl (C=O) groups excluding carboxylic acids is 1. The van der Waals surface area contributed by atoms with Gasteiger partial charge in [-0.3, -0.25) is 4.79 Å². The monoisotopic (exact) mass is 265 g/mol. The van der Waals surface area contributed by atoms with Gasteiger partial charge in [-0.1, -0.05) is 6.07 Å². The zero-order chi connectivity index (χ0) is 14.6. The number of aliphatic hydroxyl groups excluding tert-OH is 1. The van der Waals surface area contributed by atoms with E-state index in [2.05, 4.69) is 30.7 Å². The van der Waals surface area contributed by atoms with Gasteiger partial charge in [-0.25, -0.2) is 0 Å². The van der Waals surface area contributed by atoms with Crippen molar-refractivity contribution in [2.24, 2.45) is 0 Å². The summed E-state index contributed by atoms with van der Waals surface area (Å²) in [7, 11) is 3.24. The van der Waals surface area contributed by atoms with E-state index in [4.69, 9.17) is 0 Å². The summed E-state index contributed by atoms with van der Waals surface area (Å²) in [6, 6.07) is 4.24. The number of anilines is 1. The van der Waals surface area contributed by atoms with Crippen LogP contribution in [0.15, 0.2) is 12.1 Å². The first-order valence-electron chi connectivity index (χ1n) is 6.39. The standard InChI is InChI=1S/C15H23NO3/c1-10-6-12(3)14(7-11(10)2)16(4)9-13(17)8-15(18)19-5/h6-7,13,17H,8-9H2,1-5H3. The quantitative estimate of drug-likeness (QED) is 0.827. The summed E-state index contributed by atoms with van der Waals surface area (Å²) in [6.45, 7) is 6.60. The average Bonchev–Trinajstić information content (AvgIpc) is 2.33. The molecular weight excluding hydrogens is 242 g/mol. The van der Waals surface area contributed by atoms with Gasteiger partial charge in [0, 0.05) is 19.3 Å². The molecule has 0 bridgehead atoms. The highest BCUT2D eigenvalue weighted by atomic mass is 16.5. The van der Waals surface area contributed by atoms with Crippen LogP contribution < -0.4 is 4.90 Å². The van der Waals surface area contributed by atoms with Crippen LogP contribution in [-0.2, 0) is 9.53 Å². The van der Waals surface area contributed by atoms with Crippen LogP contribution >= 0.6 is 0 Å².